The fourth-order valence-electron chi connectivity index (χ4n) is 3.97. The highest BCUT2D eigenvalue weighted by molar-refractivity contribution is 6.31. The number of hydrogen-bond donors (Lipinski definition) is 2. The van der Waals surface area contributed by atoms with Gasteiger partial charge in [-0.15, -0.1) is 0 Å². The van der Waals surface area contributed by atoms with Crippen LogP contribution in [0.25, 0.3) is 11.0 Å². The lowest BCUT2D eigenvalue weighted by Crippen LogP contribution is -2.21. The number of benzene rings is 3. The maximum absolute atomic E-state index is 13.1. The molecule has 1 aromatic heterocycles. The summed E-state index contributed by atoms with van der Waals surface area (Å²) in [6.07, 6.45) is -4.39. The largest absolute Gasteiger partial charge is 0.416 e. The third kappa shape index (κ3) is 3.38. The van der Waals surface area contributed by atoms with Crippen molar-refractivity contribution in [3.8, 4) is 0 Å². The molecule has 8 heteroatoms. The summed E-state index contributed by atoms with van der Waals surface area (Å²) in [5.41, 5.74) is 2.13. The molecule has 0 radical (unpaired) electrons. The summed E-state index contributed by atoms with van der Waals surface area (Å²) in [5, 5.41) is 3.06. The van der Waals surface area contributed by atoms with Crippen LogP contribution >= 0.6 is 0 Å². The van der Waals surface area contributed by atoms with Gasteiger partial charge in [-0.2, -0.15) is 13.2 Å². The summed E-state index contributed by atoms with van der Waals surface area (Å²) in [7, 11) is 0. The van der Waals surface area contributed by atoms with Gasteiger partial charge in [0.15, 0.2) is 11.6 Å². The number of hydrogen-bond acceptors (Lipinski definition) is 4. The first-order chi connectivity index (χ1) is 15.3. The predicted octanol–water partition coefficient (Wildman–Crippen LogP) is 4.65. The lowest BCUT2D eigenvalue weighted by atomic mass is 9.83. The van der Waals surface area contributed by atoms with Crippen LogP contribution in [0.2, 0.25) is 0 Å². The zero-order valence-corrected chi connectivity index (χ0v) is 16.6. The number of nitrogens with one attached hydrogen (secondary N) is 2. The van der Waals surface area contributed by atoms with Crippen LogP contribution in [0.1, 0.15) is 48.8 Å². The van der Waals surface area contributed by atoms with E-state index in [2.05, 4.69) is 15.3 Å². The number of nitrogens with zero attached hydrogens (tertiary/aromatic N) is 1. The normalized spacial score (nSPS) is 13.3. The van der Waals surface area contributed by atoms with Crippen molar-refractivity contribution in [2.24, 2.45) is 0 Å². The topological polar surface area (TPSA) is 74.8 Å². The number of H-pyrrole nitrogens is 1. The fourth-order valence-corrected chi connectivity index (χ4v) is 3.97. The third-order valence-corrected chi connectivity index (χ3v) is 5.47. The number of aromatic amines is 1. The van der Waals surface area contributed by atoms with E-state index >= 15 is 0 Å². The van der Waals surface area contributed by atoms with Crippen LogP contribution in [-0.2, 0) is 19.3 Å². The first-order valence-electron chi connectivity index (χ1n) is 9.90. The van der Waals surface area contributed by atoms with E-state index in [4.69, 9.17) is 0 Å². The van der Waals surface area contributed by atoms with Gasteiger partial charge in [0.05, 0.1) is 23.2 Å². The number of carbonyl (C=O) groups is 2. The maximum atomic E-state index is 13.1. The van der Waals surface area contributed by atoms with Crippen LogP contribution in [-0.4, -0.2) is 21.5 Å². The zero-order chi connectivity index (χ0) is 22.5. The molecule has 1 aliphatic carbocycles. The van der Waals surface area contributed by atoms with Crippen LogP contribution in [0.4, 0.5) is 13.2 Å². The summed E-state index contributed by atoms with van der Waals surface area (Å²) in [5.74, 6) is 0.0413. The quantitative estimate of drug-likeness (QED) is 0.431. The van der Waals surface area contributed by atoms with Crippen molar-refractivity contribution in [1.82, 2.24) is 15.3 Å². The first kappa shape index (κ1) is 20.1. The molecule has 5 nitrogen and oxygen atoms in total. The van der Waals surface area contributed by atoms with E-state index in [0.717, 1.165) is 12.1 Å². The maximum Gasteiger partial charge on any atom is 0.416 e. The Kier molecular flexibility index (Phi) is 4.67. The van der Waals surface area contributed by atoms with Crippen molar-refractivity contribution < 1.29 is 22.8 Å². The first-order valence-corrected chi connectivity index (χ1v) is 9.90. The van der Waals surface area contributed by atoms with E-state index in [-0.39, 0.29) is 30.2 Å². The van der Waals surface area contributed by atoms with Gasteiger partial charge in [0.2, 0.25) is 0 Å². The average molecular weight is 435 g/mol. The lowest BCUT2D eigenvalue weighted by molar-refractivity contribution is -0.137. The monoisotopic (exact) mass is 435 g/mol. The van der Waals surface area contributed by atoms with Gasteiger partial charge in [-0.1, -0.05) is 42.5 Å². The number of halogens is 3. The van der Waals surface area contributed by atoms with E-state index in [1.807, 2.05) is 0 Å². The standard InChI is InChI=1S/C24H16F3N3O2/c25-24(26,27)14-5-3-4-13(10-14)11-28-12-19-29-18-9-8-17-20(21(18)30-19)23(32)16-7-2-1-6-15(16)22(17)31/h1-10,28H,11-12H2,(H,29,30). The molecule has 0 saturated heterocycles. The number of imidazole rings is 1. The van der Waals surface area contributed by atoms with E-state index in [0.29, 0.717) is 39.1 Å². The van der Waals surface area contributed by atoms with Gasteiger partial charge in [0.1, 0.15) is 11.3 Å². The molecule has 0 bridgehead atoms. The molecule has 2 N–H and O–H groups in total. The van der Waals surface area contributed by atoms with Crippen molar-refractivity contribution >= 4 is 22.6 Å². The Bertz CT molecular complexity index is 1390. The minimum absolute atomic E-state index is 0.212. The minimum Gasteiger partial charge on any atom is -0.341 e. The van der Waals surface area contributed by atoms with Gasteiger partial charge >= 0.3 is 6.18 Å². The number of fused-ring (bicyclic) bond motifs is 4. The van der Waals surface area contributed by atoms with Gasteiger partial charge in [-0.05, 0) is 23.8 Å². The molecule has 0 atom stereocenters. The Balaban J connectivity index is 1.40. The van der Waals surface area contributed by atoms with Crippen molar-refractivity contribution in [1.29, 1.82) is 0 Å². The number of carbonyl (C=O) groups excluding carboxylic acids is 2. The minimum atomic E-state index is -4.39. The molecule has 3 aromatic carbocycles. The molecule has 0 aliphatic heterocycles. The van der Waals surface area contributed by atoms with Crippen LogP contribution in [0, 0.1) is 0 Å². The van der Waals surface area contributed by atoms with Crippen molar-refractivity contribution in [3.05, 3.63) is 99.9 Å². The molecular weight excluding hydrogens is 419 g/mol. The summed E-state index contributed by atoms with van der Waals surface area (Å²) < 4.78 is 38.6. The SMILES string of the molecule is O=C1c2ccccc2C(=O)c2c1ccc1[nH]c(CNCc3cccc(C(F)(F)F)c3)nc21. The highest BCUT2D eigenvalue weighted by Gasteiger charge is 2.32. The second-order valence-electron chi connectivity index (χ2n) is 7.57. The van der Waals surface area contributed by atoms with Crippen LogP contribution in [0.3, 0.4) is 0 Å². The lowest BCUT2D eigenvalue weighted by Gasteiger charge is -2.17. The summed E-state index contributed by atoms with van der Waals surface area (Å²) in [6, 6.07) is 15.1. The molecule has 1 aliphatic rings. The molecule has 160 valence electrons. The second-order valence-corrected chi connectivity index (χ2v) is 7.57. The molecule has 0 fully saturated rings. The molecule has 5 rings (SSSR count). The highest BCUT2D eigenvalue weighted by atomic mass is 19.4. The molecule has 1 heterocycles. The van der Waals surface area contributed by atoms with Gasteiger partial charge in [-0.3, -0.25) is 9.59 Å². The van der Waals surface area contributed by atoms with E-state index in [9.17, 15) is 22.8 Å². The van der Waals surface area contributed by atoms with E-state index in [1.165, 1.54) is 6.07 Å². The van der Waals surface area contributed by atoms with E-state index in [1.54, 1.807) is 42.5 Å². The Labute approximate surface area is 180 Å². The summed E-state index contributed by atoms with van der Waals surface area (Å²) in [4.78, 5) is 33.5. The number of rotatable bonds is 4. The summed E-state index contributed by atoms with van der Waals surface area (Å²) >= 11 is 0. The molecule has 32 heavy (non-hydrogen) atoms. The van der Waals surface area contributed by atoms with Gasteiger partial charge in [-0.25, -0.2) is 4.98 Å². The second kappa shape index (κ2) is 7.42. The van der Waals surface area contributed by atoms with Crippen molar-refractivity contribution in [3.63, 3.8) is 0 Å². The van der Waals surface area contributed by atoms with Crippen molar-refractivity contribution in [2.75, 3.05) is 0 Å². The number of aromatic nitrogens is 2. The number of alkyl halides is 3. The van der Waals surface area contributed by atoms with Crippen LogP contribution < -0.4 is 5.32 Å². The van der Waals surface area contributed by atoms with Crippen LogP contribution in [0.15, 0.2) is 60.7 Å². The Morgan fingerprint density at radius 1 is 0.844 bits per heavy atom. The average Bonchev–Trinajstić information content (AvgIpc) is 3.19. The van der Waals surface area contributed by atoms with E-state index < -0.39 is 11.7 Å². The molecular formula is C24H16F3N3O2. The molecule has 4 aromatic rings. The highest BCUT2D eigenvalue weighted by Crippen LogP contribution is 2.32. The Morgan fingerprint density at radius 3 is 2.34 bits per heavy atom. The molecule has 0 unspecified atom stereocenters. The molecule has 0 amide bonds. The summed E-state index contributed by atoms with van der Waals surface area (Å²) in [6.45, 7) is 0.461. The smallest absolute Gasteiger partial charge is 0.341 e. The van der Waals surface area contributed by atoms with Crippen molar-refractivity contribution in [2.45, 2.75) is 19.3 Å². The zero-order valence-electron chi connectivity index (χ0n) is 16.6. The molecule has 0 spiro atoms. The Hall–Kier alpha value is -3.78. The van der Waals surface area contributed by atoms with Gasteiger partial charge in [0, 0.05) is 23.2 Å². The molecule has 0 saturated carbocycles. The third-order valence-electron chi connectivity index (χ3n) is 5.47. The number of ketones is 2. The fraction of sp³-hybridized carbons (Fsp3) is 0.125. The predicted molar refractivity (Wildman–Crippen MR) is 111 cm³/mol. The van der Waals surface area contributed by atoms with Gasteiger partial charge < -0.3 is 10.3 Å². The van der Waals surface area contributed by atoms with Gasteiger partial charge in [0.25, 0.3) is 0 Å². The van der Waals surface area contributed by atoms with Crippen LogP contribution in [0.5, 0.6) is 0 Å². The Morgan fingerprint density at radius 2 is 1.59 bits per heavy atom.